The number of nitro groups is 2. The normalized spacial score (nSPS) is 11.2. The minimum Gasteiger partial charge on any atom is -0.497 e. The molecule has 3 aromatic carbocycles. The van der Waals surface area contributed by atoms with Crippen LogP contribution in [-0.2, 0) is 0 Å². The first-order valence-corrected chi connectivity index (χ1v) is 13.0. The van der Waals surface area contributed by atoms with Gasteiger partial charge in [0.1, 0.15) is 5.75 Å². The molecule has 0 bridgehead atoms. The van der Waals surface area contributed by atoms with E-state index in [0.29, 0.717) is 49.3 Å². The number of nitrogens with two attached hydrogens (primary N) is 1. The Morgan fingerprint density at radius 3 is 2.05 bits per heavy atom. The topological polar surface area (TPSA) is 151 Å². The summed E-state index contributed by atoms with van der Waals surface area (Å²) in [6.07, 6.45) is 1.44. The largest absolute Gasteiger partial charge is 0.497 e. The molecule has 0 saturated carbocycles. The van der Waals surface area contributed by atoms with Gasteiger partial charge in [-0.15, -0.1) is 0 Å². The van der Waals surface area contributed by atoms with Crippen LogP contribution in [0, 0.1) is 34.1 Å². The summed E-state index contributed by atoms with van der Waals surface area (Å²) in [5, 5.41) is 25.9. The lowest BCUT2D eigenvalue weighted by Gasteiger charge is -2.15. The summed E-state index contributed by atoms with van der Waals surface area (Å²) in [6.45, 7) is 5.11. The lowest BCUT2D eigenvalue weighted by Crippen LogP contribution is -2.04. The van der Waals surface area contributed by atoms with E-state index >= 15 is 0 Å². The minimum atomic E-state index is -0.500. The third kappa shape index (κ3) is 6.80. The second-order valence-electron chi connectivity index (χ2n) is 8.04. The van der Waals surface area contributed by atoms with Gasteiger partial charge in [0, 0.05) is 57.1 Å². The maximum absolute atomic E-state index is 12.7. The summed E-state index contributed by atoms with van der Waals surface area (Å²) in [6, 6.07) is 12.3. The number of nitrogen functional groups attached to an aromatic ring is 1. The highest BCUT2D eigenvalue weighted by Crippen LogP contribution is 2.47. The van der Waals surface area contributed by atoms with Crippen molar-refractivity contribution in [2.75, 3.05) is 18.2 Å². The minimum absolute atomic E-state index is 0.0980. The molecule has 0 aliphatic carbocycles. The zero-order chi connectivity index (χ0) is 27.3. The molecule has 0 atom stereocenters. The maximum atomic E-state index is 12.7. The molecule has 0 amide bonds. The number of rotatable bonds is 10. The third-order valence-electron chi connectivity index (χ3n) is 5.30. The molecule has 10 nitrogen and oxygen atoms in total. The third-order valence-corrected chi connectivity index (χ3v) is 7.73. The summed E-state index contributed by atoms with van der Waals surface area (Å²) in [4.78, 5) is 35.4. The standard InChI is InChI=1S/C25H24N4O6S2/c1-14-9-18(28(31)32)12-22(24(14)26)36-37-23-13-19(29(33)34)10-15(2)25(23)27-16(3)11-21(30)17-5-7-20(35-4)8-6-17/h5-13,27H,26H2,1-4H3/b16-11+. The number of carbonyl (C=O) groups excluding carboxylic acids is 1. The van der Waals surface area contributed by atoms with Crippen LogP contribution in [0.1, 0.15) is 28.4 Å². The average molecular weight is 541 g/mol. The number of anilines is 2. The van der Waals surface area contributed by atoms with Crippen LogP contribution >= 0.6 is 21.6 Å². The van der Waals surface area contributed by atoms with Gasteiger partial charge in [-0.25, -0.2) is 0 Å². The predicted octanol–water partition coefficient (Wildman–Crippen LogP) is 6.71. The van der Waals surface area contributed by atoms with Crippen LogP contribution in [0.4, 0.5) is 22.7 Å². The van der Waals surface area contributed by atoms with E-state index < -0.39 is 9.85 Å². The molecule has 12 heteroatoms. The molecule has 0 aromatic heterocycles. The number of ketones is 1. The number of hydrogen-bond donors (Lipinski definition) is 2. The molecule has 0 spiro atoms. The number of aryl methyl sites for hydroxylation is 2. The van der Waals surface area contributed by atoms with E-state index in [1.165, 1.54) is 41.1 Å². The second kappa shape index (κ2) is 11.8. The fourth-order valence-electron chi connectivity index (χ4n) is 3.35. The fourth-order valence-corrected chi connectivity index (χ4v) is 5.76. The molecular weight excluding hydrogens is 516 g/mol. The molecule has 37 heavy (non-hydrogen) atoms. The lowest BCUT2D eigenvalue weighted by atomic mass is 10.1. The van der Waals surface area contributed by atoms with E-state index in [1.54, 1.807) is 52.1 Å². The monoisotopic (exact) mass is 540 g/mol. The zero-order valence-electron chi connectivity index (χ0n) is 20.4. The smallest absolute Gasteiger partial charge is 0.270 e. The van der Waals surface area contributed by atoms with E-state index in [4.69, 9.17) is 10.5 Å². The first kappa shape index (κ1) is 27.6. The van der Waals surface area contributed by atoms with Crippen molar-refractivity contribution in [1.82, 2.24) is 0 Å². The van der Waals surface area contributed by atoms with Gasteiger partial charge in [-0.2, -0.15) is 0 Å². The molecule has 3 N–H and O–H groups in total. The van der Waals surface area contributed by atoms with Crippen LogP contribution in [0.25, 0.3) is 0 Å². The number of nitrogens with one attached hydrogen (secondary N) is 1. The van der Waals surface area contributed by atoms with Crippen molar-refractivity contribution < 1.29 is 19.4 Å². The highest BCUT2D eigenvalue weighted by molar-refractivity contribution is 8.76. The quantitative estimate of drug-likeness (QED) is 0.0709. The summed E-state index contributed by atoms with van der Waals surface area (Å²) >= 11 is 0. The van der Waals surface area contributed by atoms with E-state index in [2.05, 4.69) is 5.32 Å². The Hall–Kier alpha value is -4.03. The Morgan fingerprint density at radius 1 is 0.946 bits per heavy atom. The van der Waals surface area contributed by atoms with Crippen molar-refractivity contribution in [3.05, 3.63) is 97.2 Å². The number of methoxy groups -OCH3 is 1. The Morgan fingerprint density at radius 2 is 1.49 bits per heavy atom. The van der Waals surface area contributed by atoms with Crippen molar-refractivity contribution in [3.63, 3.8) is 0 Å². The molecule has 0 saturated heterocycles. The number of hydrogen-bond acceptors (Lipinski definition) is 10. The Kier molecular flexibility index (Phi) is 8.79. The average Bonchev–Trinajstić information content (AvgIpc) is 2.86. The molecule has 0 fully saturated rings. The van der Waals surface area contributed by atoms with Crippen LogP contribution < -0.4 is 15.8 Å². The van der Waals surface area contributed by atoms with Crippen molar-refractivity contribution in [2.45, 2.75) is 30.6 Å². The Labute approximate surface area is 221 Å². The number of non-ortho nitro benzene ring substituents is 2. The summed E-state index contributed by atoms with van der Waals surface area (Å²) in [7, 11) is 3.87. The van der Waals surface area contributed by atoms with Crippen molar-refractivity contribution in [3.8, 4) is 5.75 Å². The number of carbonyl (C=O) groups is 1. The van der Waals surface area contributed by atoms with Gasteiger partial charge in [-0.3, -0.25) is 25.0 Å². The number of ether oxygens (including phenoxy) is 1. The molecule has 0 heterocycles. The summed E-state index contributed by atoms with van der Waals surface area (Å²) < 4.78 is 5.12. The highest BCUT2D eigenvalue weighted by Gasteiger charge is 2.19. The van der Waals surface area contributed by atoms with E-state index in [0.717, 1.165) is 10.8 Å². The highest BCUT2D eigenvalue weighted by atomic mass is 33.1. The van der Waals surface area contributed by atoms with Crippen molar-refractivity contribution in [2.24, 2.45) is 0 Å². The van der Waals surface area contributed by atoms with E-state index in [-0.39, 0.29) is 17.2 Å². The first-order valence-electron chi connectivity index (χ1n) is 10.8. The van der Waals surface area contributed by atoms with Gasteiger partial charge in [0.05, 0.1) is 22.6 Å². The van der Waals surface area contributed by atoms with Crippen LogP contribution in [0.3, 0.4) is 0 Å². The summed E-state index contributed by atoms with van der Waals surface area (Å²) in [5.74, 6) is 0.409. The molecule has 0 aliphatic heterocycles. The van der Waals surface area contributed by atoms with Crippen LogP contribution in [0.2, 0.25) is 0 Å². The van der Waals surface area contributed by atoms with Gasteiger partial charge in [0.15, 0.2) is 5.78 Å². The van der Waals surface area contributed by atoms with E-state index in [9.17, 15) is 25.0 Å². The van der Waals surface area contributed by atoms with Crippen molar-refractivity contribution >= 4 is 50.1 Å². The maximum Gasteiger partial charge on any atom is 0.270 e. The van der Waals surface area contributed by atoms with Crippen molar-refractivity contribution in [1.29, 1.82) is 0 Å². The molecule has 0 radical (unpaired) electrons. The number of benzene rings is 3. The van der Waals surface area contributed by atoms with Gasteiger partial charge in [0.25, 0.3) is 11.4 Å². The van der Waals surface area contributed by atoms with Gasteiger partial charge < -0.3 is 15.8 Å². The molecule has 3 rings (SSSR count). The zero-order valence-corrected chi connectivity index (χ0v) is 22.1. The van der Waals surface area contributed by atoms with E-state index in [1.807, 2.05) is 0 Å². The summed E-state index contributed by atoms with van der Waals surface area (Å²) in [5.41, 5.74) is 9.04. The van der Waals surface area contributed by atoms with Gasteiger partial charge in [-0.05, 0) is 56.2 Å². The lowest BCUT2D eigenvalue weighted by molar-refractivity contribution is -0.385. The SMILES string of the molecule is COc1ccc(C(=O)/C=C(\C)Nc2c(C)cc([N+](=O)[O-])cc2SSc2cc([N+](=O)[O-])cc(C)c2N)cc1. The number of allylic oxidation sites excluding steroid dienone is 2. The molecule has 0 aliphatic rings. The van der Waals surface area contributed by atoms with Crippen LogP contribution in [-0.4, -0.2) is 22.7 Å². The molecule has 3 aromatic rings. The molecule has 192 valence electrons. The van der Waals surface area contributed by atoms with Gasteiger partial charge in [0.2, 0.25) is 0 Å². The Balaban J connectivity index is 1.92. The van der Waals surface area contributed by atoms with Gasteiger partial charge >= 0.3 is 0 Å². The number of nitro benzene ring substituents is 2. The predicted molar refractivity (Wildman–Crippen MR) is 146 cm³/mol. The number of nitrogens with zero attached hydrogens (tertiary/aromatic N) is 2. The van der Waals surface area contributed by atoms with Crippen LogP contribution in [0.15, 0.2) is 70.1 Å². The molecular formula is C25H24N4O6S2. The second-order valence-corrected chi connectivity index (χ2v) is 10.2. The Bertz CT molecular complexity index is 1410. The fraction of sp³-hybridized carbons (Fsp3) is 0.160. The van der Waals surface area contributed by atoms with Gasteiger partial charge in [-0.1, -0.05) is 21.6 Å². The first-order chi connectivity index (χ1) is 17.5. The molecule has 0 unspecified atom stereocenters. The van der Waals surface area contributed by atoms with Crippen LogP contribution in [0.5, 0.6) is 5.75 Å².